The predicted molar refractivity (Wildman–Crippen MR) is 149 cm³/mol. The molecule has 1 amide bonds. The lowest BCUT2D eigenvalue weighted by atomic mass is 9.88. The number of rotatable bonds is 6. The summed E-state index contributed by atoms with van der Waals surface area (Å²) in [5, 5.41) is 3.21. The SMILES string of the molecule is COC(=O)C1(C)Nc2c(OC)cc3c(c2C1=O)CC(Cl)CN3C(=O)c1cc2cc(OC)c(OC)c(OC)c2n1C. The van der Waals surface area contributed by atoms with E-state index >= 15 is 0 Å². The normalized spacial score (nSPS) is 19.6. The van der Waals surface area contributed by atoms with Gasteiger partial charge in [0.15, 0.2) is 17.0 Å². The molecule has 2 unspecified atom stereocenters. The number of Topliss-reactive ketones (excluding diaryl/α,β-unsaturated/α-hetero) is 1. The van der Waals surface area contributed by atoms with Crippen molar-refractivity contribution in [1.82, 2.24) is 4.57 Å². The Morgan fingerprint density at radius 1 is 1.00 bits per heavy atom. The average molecular weight is 572 g/mol. The highest BCUT2D eigenvalue weighted by molar-refractivity contribution is 6.27. The molecule has 11 nitrogen and oxygen atoms in total. The molecule has 2 aliphatic heterocycles. The molecule has 3 heterocycles. The zero-order valence-corrected chi connectivity index (χ0v) is 24.0. The van der Waals surface area contributed by atoms with E-state index in [0.717, 1.165) is 0 Å². The lowest BCUT2D eigenvalue weighted by Crippen LogP contribution is -2.47. The number of amides is 1. The predicted octanol–water partition coefficient (Wildman–Crippen LogP) is 3.56. The monoisotopic (exact) mass is 571 g/mol. The van der Waals surface area contributed by atoms with Gasteiger partial charge < -0.3 is 38.5 Å². The highest BCUT2D eigenvalue weighted by atomic mass is 35.5. The van der Waals surface area contributed by atoms with Gasteiger partial charge in [-0.3, -0.25) is 9.59 Å². The summed E-state index contributed by atoms with van der Waals surface area (Å²) in [5.41, 5.74) is 1.02. The standard InChI is InChI=1S/C28H30ClN3O8/c1-28(27(35)40-7)25(33)20-15-10-14(29)12-32(16(15)11-18(36-3)21(20)30-28)26(34)17-8-13-9-19(37-4)23(38-5)24(39-6)22(13)31(17)2/h8-9,11,14,30H,10,12H2,1-7H3. The van der Waals surface area contributed by atoms with Gasteiger partial charge in [-0.1, -0.05) is 0 Å². The maximum absolute atomic E-state index is 14.2. The third-order valence-corrected chi connectivity index (χ3v) is 7.92. The summed E-state index contributed by atoms with van der Waals surface area (Å²) in [7, 11) is 8.99. The number of methoxy groups -OCH3 is 5. The molecule has 212 valence electrons. The quantitative estimate of drug-likeness (QED) is 0.269. The number of aromatic nitrogens is 1. The van der Waals surface area contributed by atoms with E-state index in [9.17, 15) is 14.4 Å². The largest absolute Gasteiger partial charge is 0.494 e. The Labute approximate surface area is 235 Å². The summed E-state index contributed by atoms with van der Waals surface area (Å²) in [5.74, 6) is 0.0469. The highest BCUT2D eigenvalue weighted by Crippen LogP contribution is 2.49. The Morgan fingerprint density at radius 2 is 1.68 bits per heavy atom. The molecule has 3 aromatic rings. The first-order chi connectivity index (χ1) is 19.1. The first-order valence-corrected chi connectivity index (χ1v) is 12.9. The molecule has 0 radical (unpaired) electrons. The van der Waals surface area contributed by atoms with E-state index in [4.69, 9.17) is 35.3 Å². The van der Waals surface area contributed by atoms with Crippen LogP contribution in [0.4, 0.5) is 11.4 Å². The van der Waals surface area contributed by atoms with Crippen LogP contribution in [0.15, 0.2) is 18.2 Å². The van der Waals surface area contributed by atoms with Gasteiger partial charge in [0.1, 0.15) is 11.4 Å². The van der Waals surface area contributed by atoms with E-state index in [1.165, 1.54) is 47.4 Å². The van der Waals surface area contributed by atoms with Crippen molar-refractivity contribution in [2.75, 3.05) is 52.3 Å². The maximum atomic E-state index is 14.2. The second kappa shape index (κ2) is 9.81. The molecular formula is C28H30ClN3O8. The van der Waals surface area contributed by atoms with Gasteiger partial charge in [0.05, 0.1) is 63.4 Å². The number of benzene rings is 2. The lowest BCUT2D eigenvalue weighted by molar-refractivity contribution is -0.143. The van der Waals surface area contributed by atoms with Gasteiger partial charge in [-0.05, 0) is 31.0 Å². The fourth-order valence-electron chi connectivity index (χ4n) is 5.67. The third kappa shape index (κ3) is 3.75. The summed E-state index contributed by atoms with van der Waals surface area (Å²) in [6.07, 6.45) is 0.314. The Balaban J connectivity index is 1.68. The van der Waals surface area contributed by atoms with E-state index in [-0.39, 0.29) is 18.0 Å². The Bertz CT molecular complexity index is 1580. The summed E-state index contributed by atoms with van der Waals surface area (Å²) < 4.78 is 28.9. The average Bonchev–Trinajstić information content (AvgIpc) is 3.43. The topological polar surface area (TPSA) is 118 Å². The fraction of sp³-hybridized carbons (Fsp3) is 0.393. The first kappa shape index (κ1) is 27.4. The smallest absolute Gasteiger partial charge is 0.339 e. The molecule has 1 aromatic heterocycles. The number of carbonyl (C=O) groups excluding carboxylic acids is 3. The van der Waals surface area contributed by atoms with Crippen molar-refractivity contribution in [2.24, 2.45) is 7.05 Å². The summed E-state index contributed by atoms with van der Waals surface area (Å²) in [6.45, 7) is 1.65. The molecule has 0 bridgehead atoms. The van der Waals surface area contributed by atoms with E-state index in [1.807, 2.05) is 0 Å². The minimum absolute atomic E-state index is 0.191. The number of aryl methyl sites for hydroxylation is 1. The molecule has 0 fully saturated rings. The fourth-order valence-corrected chi connectivity index (χ4v) is 5.96. The number of nitrogens with one attached hydrogen (secondary N) is 1. The van der Waals surface area contributed by atoms with Crippen molar-refractivity contribution in [2.45, 2.75) is 24.3 Å². The van der Waals surface area contributed by atoms with Crippen LogP contribution in [0.2, 0.25) is 0 Å². The van der Waals surface area contributed by atoms with Crippen LogP contribution < -0.4 is 29.2 Å². The molecular weight excluding hydrogens is 542 g/mol. The minimum Gasteiger partial charge on any atom is -0.494 e. The molecule has 40 heavy (non-hydrogen) atoms. The van der Waals surface area contributed by atoms with Crippen LogP contribution in [0.5, 0.6) is 23.0 Å². The number of hydrogen-bond acceptors (Lipinski definition) is 9. The maximum Gasteiger partial charge on any atom is 0.339 e. The van der Waals surface area contributed by atoms with Crippen molar-refractivity contribution in [3.8, 4) is 23.0 Å². The van der Waals surface area contributed by atoms with Gasteiger partial charge in [0, 0.05) is 25.0 Å². The molecule has 0 saturated heterocycles. The number of fused-ring (bicyclic) bond motifs is 4. The molecule has 12 heteroatoms. The van der Waals surface area contributed by atoms with Crippen molar-refractivity contribution in [3.63, 3.8) is 0 Å². The molecule has 2 aromatic carbocycles. The molecule has 2 aliphatic rings. The number of nitrogens with zero attached hydrogens (tertiary/aromatic N) is 2. The second-order valence-electron chi connectivity index (χ2n) is 9.79. The Morgan fingerprint density at radius 3 is 2.27 bits per heavy atom. The van der Waals surface area contributed by atoms with Crippen molar-refractivity contribution in [1.29, 1.82) is 0 Å². The van der Waals surface area contributed by atoms with E-state index in [1.54, 1.807) is 29.8 Å². The van der Waals surface area contributed by atoms with Crippen molar-refractivity contribution >= 4 is 51.5 Å². The van der Waals surface area contributed by atoms with Crippen LogP contribution in [-0.2, 0) is 23.0 Å². The summed E-state index contributed by atoms with van der Waals surface area (Å²) in [4.78, 5) is 42.0. The van der Waals surface area contributed by atoms with Gasteiger partial charge >= 0.3 is 5.97 Å². The van der Waals surface area contributed by atoms with Gasteiger partial charge in [-0.15, -0.1) is 11.6 Å². The van der Waals surface area contributed by atoms with Crippen LogP contribution in [0.1, 0.15) is 33.3 Å². The van der Waals surface area contributed by atoms with E-state index in [2.05, 4.69) is 5.32 Å². The third-order valence-electron chi connectivity index (χ3n) is 7.63. The first-order valence-electron chi connectivity index (χ1n) is 12.5. The van der Waals surface area contributed by atoms with Crippen LogP contribution in [-0.4, -0.2) is 75.2 Å². The van der Waals surface area contributed by atoms with Crippen molar-refractivity contribution in [3.05, 3.63) is 35.0 Å². The Kier molecular flexibility index (Phi) is 6.73. The molecule has 0 aliphatic carbocycles. The van der Waals surface area contributed by atoms with Gasteiger partial charge in [0.25, 0.3) is 5.91 Å². The van der Waals surface area contributed by atoms with Crippen LogP contribution in [0, 0.1) is 0 Å². The number of esters is 1. The van der Waals surface area contributed by atoms with Gasteiger partial charge in [0.2, 0.25) is 11.5 Å². The summed E-state index contributed by atoms with van der Waals surface area (Å²) in [6, 6.07) is 5.20. The number of alkyl halides is 1. The number of ketones is 1. The second-order valence-corrected chi connectivity index (χ2v) is 10.4. The molecule has 1 N–H and O–H groups in total. The van der Waals surface area contributed by atoms with Crippen molar-refractivity contribution < 1.29 is 38.1 Å². The number of hydrogen-bond donors (Lipinski definition) is 1. The number of carbonyl (C=O) groups is 3. The van der Waals surface area contributed by atoms with E-state index < -0.39 is 22.7 Å². The molecule has 0 spiro atoms. The zero-order valence-electron chi connectivity index (χ0n) is 23.3. The molecule has 2 atom stereocenters. The van der Waals surface area contributed by atoms with Crippen LogP contribution in [0.25, 0.3) is 10.9 Å². The minimum atomic E-state index is -1.64. The summed E-state index contributed by atoms with van der Waals surface area (Å²) >= 11 is 6.69. The van der Waals surface area contributed by atoms with Gasteiger partial charge in [-0.25, -0.2) is 4.79 Å². The van der Waals surface area contributed by atoms with Crippen LogP contribution >= 0.6 is 11.6 Å². The Hall–Kier alpha value is -4.12. The van der Waals surface area contributed by atoms with E-state index in [0.29, 0.717) is 63.0 Å². The highest BCUT2D eigenvalue weighted by Gasteiger charge is 2.52. The van der Waals surface area contributed by atoms with Gasteiger partial charge in [-0.2, -0.15) is 0 Å². The number of ether oxygens (including phenoxy) is 5. The van der Waals surface area contributed by atoms with Crippen LogP contribution in [0.3, 0.4) is 0 Å². The number of anilines is 2. The molecule has 0 saturated carbocycles. The molecule has 5 rings (SSSR count). The number of halogens is 1. The lowest BCUT2D eigenvalue weighted by Gasteiger charge is -2.33. The zero-order chi connectivity index (χ0) is 29.1.